The van der Waals surface area contributed by atoms with E-state index in [-0.39, 0.29) is 0 Å². The molecular formula is C13H18BrN3. The summed E-state index contributed by atoms with van der Waals surface area (Å²) in [4.78, 5) is 7.08. The third kappa shape index (κ3) is 2.87. The molecule has 2 aliphatic rings. The molecule has 1 unspecified atom stereocenters. The predicted octanol–water partition coefficient (Wildman–Crippen LogP) is 2.03. The van der Waals surface area contributed by atoms with Gasteiger partial charge < -0.3 is 5.32 Å². The van der Waals surface area contributed by atoms with E-state index in [0.29, 0.717) is 0 Å². The fraction of sp³-hybridized carbons (Fsp3) is 0.615. The fourth-order valence-electron chi connectivity index (χ4n) is 2.62. The van der Waals surface area contributed by atoms with Crippen molar-refractivity contribution in [1.29, 1.82) is 0 Å². The average Bonchev–Trinajstić information content (AvgIpc) is 3.17. The standard InChI is InChI=1S/C13H18BrN3/c14-11-3-4-12(16-7-11)9-17-6-5-15-8-13(17)10-1-2-10/h3-4,7,10,13,15H,1-2,5-6,8-9H2. The molecule has 1 saturated carbocycles. The second-order valence-corrected chi connectivity index (χ2v) is 5.96. The first-order valence-corrected chi connectivity index (χ1v) is 7.17. The van der Waals surface area contributed by atoms with Gasteiger partial charge in [-0.25, -0.2) is 0 Å². The van der Waals surface area contributed by atoms with Crippen LogP contribution < -0.4 is 5.32 Å². The highest BCUT2D eigenvalue weighted by atomic mass is 79.9. The van der Waals surface area contributed by atoms with Crippen molar-refractivity contribution in [3.05, 3.63) is 28.5 Å². The molecule has 2 fully saturated rings. The highest BCUT2D eigenvalue weighted by Crippen LogP contribution is 2.36. The number of aromatic nitrogens is 1. The lowest BCUT2D eigenvalue weighted by Crippen LogP contribution is -2.51. The van der Waals surface area contributed by atoms with Crippen molar-refractivity contribution in [2.75, 3.05) is 19.6 Å². The van der Waals surface area contributed by atoms with Gasteiger partial charge >= 0.3 is 0 Å². The molecule has 0 aromatic carbocycles. The molecule has 3 nitrogen and oxygen atoms in total. The molecule has 1 N–H and O–H groups in total. The summed E-state index contributed by atoms with van der Waals surface area (Å²) in [5, 5.41) is 3.51. The van der Waals surface area contributed by atoms with Gasteiger partial charge in [0.25, 0.3) is 0 Å². The summed E-state index contributed by atoms with van der Waals surface area (Å²) in [7, 11) is 0. The van der Waals surface area contributed by atoms with Crippen LogP contribution in [-0.4, -0.2) is 35.6 Å². The van der Waals surface area contributed by atoms with Crippen LogP contribution >= 0.6 is 15.9 Å². The van der Waals surface area contributed by atoms with E-state index in [4.69, 9.17) is 0 Å². The molecule has 0 radical (unpaired) electrons. The van der Waals surface area contributed by atoms with Crippen LogP contribution in [0, 0.1) is 5.92 Å². The maximum Gasteiger partial charge on any atom is 0.0544 e. The topological polar surface area (TPSA) is 28.2 Å². The van der Waals surface area contributed by atoms with Crippen LogP contribution in [0.5, 0.6) is 0 Å². The van der Waals surface area contributed by atoms with Gasteiger partial charge in [-0.1, -0.05) is 0 Å². The van der Waals surface area contributed by atoms with E-state index in [1.807, 2.05) is 6.20 Å². The van der Waals surface area contributed by atoms with Crippen molar-refractivity contribution < 1.29 is 0 Å². The van der Waals surface area contributed by atoms with E-state index in [1.165, 1.54) is 18.5 Å². The monoisotopic (exact) mass is 295 g/mol. The van der Waals surface area contributed by atoms with E-state index >= 15 is 0 Å². The smallest absolute Gasteiger partial charge is 0.0544 e. The molecule has 0 spiro atoms. The number of hydrogen-bond acceptors (Lipinski definition) is 3. The Morgan fingerprint density at radius 1 is 1.41 bits per heavy atom. The van der Waals surface area contributed by atoms with E-state index in [2.05, 4.69) is 43.3 Å². The summed E-state index contributed by atoms with van der Waals surface area (Å²) < 4.78 is 1.06. The minimum absolute atomic E-state index is 0.731. The van der Waals surface area contributed by atoms with Gasteiger partial charge in [-0.3, -0.25) is 9.88 Å². The van der Waals surface area contributed by atoms with Gasteiger partial charge in [-0.15, -0.1) is 0 Å². The van der Waals surface area contributed by atoms with Crippen LogP contribution in [0.3, 0.4) is 0 Å². The number of halogens is 1. The Balaban J connectivity index is 1.67. The lowest BCUT2D eigenvalue weighted by molar-refractivity contribution is 0.134. The first kappa shape index (κ1) is 11.6. The molecule has 1 aliphatic heterocycles. The van der Waals surface area contributed by atoms with Gasteiger partial charge in [0.1, 0.15) is 0 Å². The zero-order chi connectivity index (χ0) is 11.7. The molecule has 1 aromatic rings. The SMILES string of the molecule is Brc1ccc(CN2CCNCC2C2CC2)nc1. The number of nitrogens with zero attached hydrogens (tertiary/aromatic N) is 2. The maximum atomic E-state index is 4.48. The molecule has 1 aliphatic carbocycles. The predicted molar refractivity (Wildman–Crippen MR) is 71.7 cm³/mol. The average molecular weight is 296 g/mol. The Hall–Kier alpha value is -0.450. The second kappa shape index (κ2) is 5.04. The lowest BCUT2D eigenvalue weighted by atomic mass is 10.1. The molecule has 2 heterocycles. The summed E-state index contributed by atoms with van der Waals surface area (Å²) in [6.07, 6.45) is 4.72. The van der Waals surface area contributed by atoms with Crippen LogP contribution in [0.2, 0.25) is 0 Å². The lowest BCUT2D eigenvalue weighted by Gasteiger charge is -2.36. The van der Waals surface area contributed by atoms with Gasteiger partial charge in [-0.05, 0) is 46.8 Å². The van der Waals surface area contributed by atoms with Crippen LogP contribution in [0.1, 0.15) is 18.5 Å². The van der Waals surface area contributed by atoms with Crippen LogP contribution in [0.25, 0.3) is 0 Å². The fourth-order valence-corrected chi connectivity index (χ4v) is 2.85. The summed E-state index contributed by atoms with van der Waals surface area (Å²) in [5.41, 5.74) is 1.18. The Labute approximate surface area is 111 Å². The molecule has 92 valence electrons. The highest BCUT2D eigenvalue weighted by molar-refractivity contribution is 9.10. The minimum atomic E-state index is 0.731. The van der Waals surface area contributed by atoms with Crippen LogP contribution in [0.15, 0.2) is 22.8 Å². The zero-order valence-corrected chi connectivity index (χ0v) is 11.5. The number of pyridine rings is 1. The molecule has 1 aromatic heterocycles. The molecule has 1 atom stereocenters. The molecule has 4 heteroatoms. The number of piperazine rings is 1. The molecule has 1 saturated heterocycles. The van der Waals surface area contributed by atoms with Crippen molar-refractivity contribution in [3.63, 3.8) is 0 Å². The van der Waals surface area contributed by atoms with Gasteiger partial charge in [0.05, 0.1) is 5.69 Å². The van der Waals surface area contributed by atoms with Crippen molar-refractivity contribution >= 4 is 15.9 Å². The van der Waals surface area contributed by atoms with Gasteiger partial charge in [0.2, 0.25) is 0 Å². The van der Waals surface area contributed by atoms with Gasteiger partial charge in [0.15, 0.2) is 0 Å². The molecular weight excluding hydrogens is 278 g/mol. The van der Waals surface area contributed by atoms with Gasteiger partial charge in [-0.2, -0.15) is 0 Å². The summed E-state index contributed by atoms with van der Waals surface area (Å²) in [5.74, 6) is 0.929. The summed E-state index contributed by atoms with van der Waals surface area (Å²) in [6.45, 7) is 4.41. The third-order valence-electron chi connectivity index (χ3n) is 3.72. The normalized spacial score (nSPS) is 26.1. The van der Waals surface area contributed by atoms with E-state index < -0.39 is 0 Å². The van der Waals surface area contributed by atoms with Crippen LogP contribution in [0.4, 0.5) is 0 Å². The van der Waals surface area contributed by atoms with E-state index in [1.54, 1.807) is 0 Å². The van der Waals surface area contributed by atoms with E-state index in [9.17, 15) is 0 Å². The van der Waals surface area contributed by atoms with Crippen molar-refractivity contribution in [2.45, 2.75) is 25.4 Å². The Morgan fingerprint density at radius 3 is 3.00 bits per heavy atom. The first-order valence-electron chi connectivity index (χ1n) is 6.38. The number of nitrogens with one attached hydrogen (secondary N) is 1. The van der Waals surface area contributed by atoms with Crippen molar-refractivity contribution in [1.82, 2.24) is 15.2 Å². The minimum Gasteiger partial charge on any atom is -0.314 e. The zero-order valence-electron chi connectivity index (χ0n) is 9.90. The summed E-state index contributed by atoms with van der Waals surface area (Å²) in [6, 6.07) is 4.93. The number of hydrogen-bond donors (Lipinski definition) is 1. The summed E-state index contributed by atoms with van der Waals surface area (Å²) >= 11 is 3.43. The second-order valence-electron chi connectivity index (χ2n) is 5.05. The van der Waals surface area contributed by atoms with Crippen molar-refractivity contribution in [3.8, 4) is 0 Å². The Kier molecular flexibility index (Phi) is 3.45. The molecule has 0 amide bonds. The molecule has 3 rings (SSSR count). The first-order chi connectivity index (χ1) is 8.33. The van der Waals surface area contributed by atoms with Crippen molar-refractivity contribution in [2.24, 2.45) is 5.92 Å². The number of rotatable bonds is 3. The third-order valence-corrected chi connectivity index (χ3v) is 4.19. The Bertz CT molecular complexity index is 375. The van der Waals surface area contributed by atoms with Gasteiger partial charge in [0, 0.05) is 42.9 Å². The molecule has 17 heavy (non-hydrogen) atoms. The molecule has 0 bridgehead atoms. The quantitative estimate of drug-likeness (QED) is 0.925. The van der Waals surface area contributed by atoms with Crippen LogP contribution in [-0.2, 0) is 6.54 Å². The maximum absolute atomic E-state index is 4.48. The van der Waals surface area contributed by atoms with E-state index in [0.717, 1.165) is 42.6 Å². The Morgan fingerprint density at radius 2 is 2.29 bits per heavy atom. The highest BCUT2D eigenvalue weighted by Gasteiger charge is 2.36. The largest absolute Gasteiger partial charge is 0.314 e.